The third-order valence-electron chi connectivity index (χ3n) is 7.41. The molecular formula is C32H33NO7. The highest BCUT2D eigenvalue weighted by atomic mass is 16.6. The van der Waals surface area contributed by atoms with Crippen LogP contribution in [0.4, 0.5) is 0 Å². The van der Waals surface area contributed by atoms with Gasteiger partial charge in [0.2, 0.25) is 0 Å². The number of esters is 1. The molecule has 8 heteroatoms. The van der Waals surface area contributed by atoms with E-state index in [1.165, 1.54) is 6.26 Å². The monoisotopic (exact) mass is 543 g/mol. The summed E-state index contributed by atoms with van der Waals surface area (Å²) in [4.78, 5) is 41.2. The van der Waals surface area contributed by atoms with Crippen molar-refractivity contribution in [2.75, 3.05) is 20.3 Å². The molecule has 1 aromatic heterocycles. The number of benzene rings is 2. The number of carbonyl (C=O) groups is 2. The topological polar surface area (TPSA) is 104 Å². The van der Waals surface area contributed by atoms with Gasteiger partial charge >= 0.3 is 5.97 Å². The second-order valence-electron chi connectivity index (χ2n) is 10.3. The first-order valence-electron chi connectivity index (χ1n) is 13.5. The molecule has 0 radical (unpaired) electrons. The molecule has 8 nitrogen and oxygen atoms in total. The van der Waals surface area contributed by atoms with Gasteiger partial charge in [-0.3, -0.25) is 9.59 Å². The fraction of sp³-hybridized carbons (Fsp3) is 0.344. The van der Waals surface area contributed by atoms with Gasteiger partial charge in [0.05, 0.1) is 43.0 Å². The molecule has 1 aliphatic carbocycles. The molecule has 5 rings (SSSR count). The van der Waals surface area contributed by atoms with E-state index in [1.54, 1.807) is 38.3 Å². The van der Waals surface area contributed by atoms with Crippen LogP contribution in [0.15, 0.2) is 86.5 Å². The summed E-state index contributed by atoms with van der Waals surface area (Å²) < 4.78 is 22.5. The summed E-state index contributed by atoms with van der Waals surface area (Å²) in [7, 11) is 1.61. The SMILES string of the molecule is COc1ccccc1[C@H]1CC(=O)C2=C(C1)NC(C)=C(C(=O)OCCOC(C)C)[C@@H]2c1coc2ccccc2c1=O. The van der Waals surface area contributed by atoms with Crippen LogP contribution in [-0.2, 0) is 19.1 Å². The summed E-state index contributed by atoms with van der Waals surface area (Å²) in [6, 6.07) is 14.6. The minimum Gasteiger partial charge on any atom is -0.496 e. The highest BCUT2D eigenvalue weighted by Gasteiger charge is 2.43. The maximum absolute atomic E-state index is 13.9. The van der Waals surface area contributed by atoms with E-state index in [9.17, 15) is 14.4 Å². The van der Waals surface area contributed by atoms with Gasteiger partial charge in [-0.05, 0) is 51.0 Å². The number of fused-ring (bicyclic) bond motifs is 1. The molecule has 40 heavy (non-hydrogen) atoms. The Balaban J connectivity index is 1.59. The van der Waals surface area contributed by atoms with Crippen molar-refractivity contribution in [3.8, 4) is 5.75 Å². The molecule has 0 bridgehead atoms. The van der Waals surface area contributed by atoms with Gasteiger partial charge in [-0.25, -0.2) is 4.79 Å². The van der Waals surface area contributed by atoms with Gasteiger partial charge in [0.15, 0.2) is 11.2 Å². The maximum Gasteiger partial charge on any atom is 0.336 e. The standard InChI is InChI=1S/C32H33NO7/c1-18(2)38-13-14-39-32(36)28-19(3)33-24-15-20(21-9-5-7-11-26(21)37-4)16-25(34)30(24)29(28)23-17-40-27-12-8-6-10-22(27)31(23)35/h5-12,17-18,20,29,33H,13-16H2,1-4H3/t20-,29+/m1/s1. The average molecular weight is 544 g/mol. The Labute approximate surface area is 232 Å². The van der Waals surface area contributed by atoms with Crippen LogP contribution in [0.3, 0.4) is 0 Å². The van der Waals surface area contributed by atoms with Crippen LogP contribution in [0.1, 0.15) is 56.6 Å². The summed E-state index contributed by atoms with van der Waals surface area (Å²) in [6.07, 6.45) is 2.08. The Hall–Kier alpha value is -4.17. The number of ketones is 1. The van der Waals surface area contributed by atoms with Crippen LogP contribution in [0.2, 0.25) is 0 Å². The molecule has 2 heterocycles. The van der Waals surface area contributed by atoms with Crippen LogP contribution in [0.25, 0.3) is 11.0 Å². The van der Waals surface area contributed by atoms with E-state index in [1.807, 2.05) is 38.1 Å². The summed E-state index contributed by atoms with van der Waals surface area (Å²) in [5.74, 6) is -1.10. The summed E-state index contributed by atoms with van der Waals surface area (Å²) in [5.41, 5.74) is 3.12. The fourth-order valence-electron chi connectivity index (χ4n) is 5.63. The van der Waals surface area contributed by atoms with E-state index in [0.29, 0.717) is 40.1 Å². The lowest BCUT2D eigenvalue weighted by atomic mass is 9.71. The maximum atomic E-state index is 13.9. The number of rotatable bonds is 8. The zero-order chi connectivity index (χ0) is 28.4. The van der Waals surface area contributed by atoms with Gasteiger partial charge in [0, 0.05) is 34.9 Å². The molecule has 0 spiro atoms. The molecule has 1 aliphatic heterocycles. The fourth-order valence-corrected chi connectivity index (χ4v) is 5.63. The Kier molecular flexibility index (Phi) is 7.89. The quantitative estimate of drug-likeness (QED) is 0.308. The van der Waals surface area contributed by atoms with E-state index in [4.69, 9.17) is 18.6 Å². The first-order valence-corrected chi connectivity index (χ1v) is 13.5. The number of para-hydroxylation sites is 2. The second-order valence-corrected chi connectivity index (χ2v) is 10.3. The van der Waals surface area contributed by atoms with Crippen molar-refractivity contribution in [1.82, 2.24) is 5.32 Å². The van der Waals surface area contributed by atoms with E-state index < -0.39 is 11.9 Å². The molecule has 2 atom stereocenters. The zero-order valence-electron chi connectivity index (χ0n) is 23.1. The minimum absolute atomic E-state index is 0.00487. The molecule has 0 fully saturated rings. The lowest BCUT2D eigenvalue weighted by molar-refractivity contribution is -0.141. The van der Waals surface area contributed by atoms with Gasteiger partial charge in [-0.1, -0.05) is 30.3 Å². The Bertz CT molecular complexity index is 1580. The van der Waals surface area contributed by atoms with Crippen molar-refractivity contribution >= 4 is 22.7 Å². The second kappa shape index (κ2) is 11.5. The van der Waals surface area contributed by atoms with Gasteiger partial charge in [-0.15, -0.1) is 0 Å². The number of carbonyl (C=O) groups excluding carboxylic acids is 2. The van der Waals surface area contributed by atoms with Crippen molar-refractivity contribution in [2.45, 2.75) is 51.6 Å². The number of nitrogens with one attached hydrogen (secondary N) is 1. The van der Waals surface area contributed by atoms with E-state index in [0.717, 1.165) is 5.56 Å². The molecule has 2 aromatic carbocycles. The van der Waals surface area contributed by atoms with Gasteiger partial charge in [0.25, 0.3) is 0 Å². The van der Waals surface area contributed by atoms with Crippen molar-refractivity contribution in [3.63, 3.8) is 0 Å². The highest BCUT2D eigenvalue weighted by molar-refractivity contribution is 6.04. The van der Waals surface area contributed by atoms with Crippen LogP contribution in [-0.4, -0.2) is 38.2 Å². The van der Waals surface area contributed by atoms with Crippen LogP contribution >= 0.6 is 0 Å². The number of dihydropyridines is 1. The smallest absolute Gasteiger partial charge is 0.336 e. The molecule has 3 aromatic rings. The van der Waals surface area contributed by atoms with Crippen molar-refractivity contribution in [3.05, 3.63) is 98.7 Å². The Morgan fingerprint density at radius 2 is 1.77 bits per heavy atom. The van der Waals surface area contributed by atoms with Gasteiger partial charge < -0.3 is 23.9 Å². The molecule has 1 N–H and O–H groups in total. The molecule has 0 amide bonds. The first-order chi connectivity index (χ1) is 19.3. The Morgan fingerprint density at radius 1 is 1.02 bits per heavy atom. The summed E-state index contributed by atoms with van der Waals surface area (Å²) >= 11 is 0. The number of methoxy groups -OCH3 is 1. The van der Waals surface area contributed by atoms with Crippen LogP contribution in [0.5, 0.6) is 5.75 Å². The predicted molar refractivity (Wildman–Crippen MR) is 150 cm³/mol. The highest BCUT2D eigenvalue weighted by Crippen LogP contribution is 2.46. The van der Waals surface area contributed by atoms with Gasteiger partial charge in [-0.2, -0.15) is 0 Å². The van der Waals surface area contributed by atoms with E-state index in [-0.39, 0.29) is 54.0 Å². The molecule has 0 saturated carbocycles. The number of hydrogen-bond acceptors (Lipinski definition) is 8. The first kappa shape index (κ1) is 27.4. The number of Topliss-reactive ketones (excluding diaryl/α,β-unsaturated/α-hetero) is 1. The zero-order valence-corrected chi connectivity index (χ0v) is 23.1. The van der Waals surface area contributed by atoms with Crippen molar-refractivity contribution < 1.29 is 28.2 Å². The van der Waals surface area contributed by atoms with Gasteiger partial charge in [0.1, 0.15) is 17.9 Å². The van der Waals surface area contributed by atoms with Crippen molar-refractivity contribution in [1.29, 1.82) is 0 Å². The number of allylic oxidation sites excluding steroid dienone is 3. The normalized spacial score (nSPS) is 19.1. The Morgan fingerprint density at radius 3 is 2.55 bits per heavy atom. The molecule has 0 unspecified atom stereocenters. The van der Waals surface area contributed by atoms with Crippen molar-refractivity contribution in [2.24, 2.45) is 0 Å². The van der Waals surface area contributed by atoms with Crippen LogP contribution in [0, 0.1) is 0 Å². The third kappa shape index (κ3) is 5.19. The number of ether oxygens (including phenoxy) is 3. The largest absolute Gasteiger partial charge is 0.496 e. The van der Waals surface area contributed by atoms with Crippen LogP contribution < -0.4 is 15.5 Å². The molecule has 208 valence electrons. The molecule has 2 aliphatic rings. The number of hydrogen-bond donors (Lipinski definition) is 1. The third-order valence-corrected chi connectivity index (χ3v) is 7.41. The minimum atomic E-state index is -0.929. The van der Waals surface area contributed by atoms with E-state index in [2.05, 4.69) is 5.32 Å². The summed E-state index contributed by atoms with van der Waals surface area (Å²) in [5, 5.41) is 3.70. The lowest BCUT2D eigenvalue weighted by Gasteiger charge is -2.36. The lowest BCUT2D eigenvalue weighted by Crippen LogP contribution is -2.37. The van der Waals surface area contributed by atoms with E-state index >= 15 is 0 Å². The average Bonchev–Trinajstić information content (AvgIpc) is 2.94. The molecular weight excluding hydrogens is 510 g/mol. The molecule has 0 saturated heterocycles. The predicted octanol–water partition coefficient (Wildman–Crippen LogP) is 5.13. The summed E-state index contributed by atoms with van der Waals surface area (Å²) in [6.45, 7) is 5.84.